The number of carbonyl (C=O) groups excluding carboxylic acids is 3. The van der Waals surface area contributed by atoms with Crippen LogP contribution in [0.25, 0.3) is 0 Å². The molecule has 0 aliphatic carbocycles. The Hall–Kier alpha value is -2.37. The molecule has 0 heterocycles. The zero-order valence-corrected chi connectivity index (χ0v) is 42.8. The molecule has 6 heteroatoms. The number of ether oxygens (including phenoxy) is 3. The molecule has 0 N–H and O–H groups in total. The highest BCUT2D eigenvalue weighted by molar-refractivity contribution is 5.71. The van der Waals surface area contributed by atoms with Crippen molar-refractivity contribution >= 4 is 17.9 Å². The summed E-state index contributed by atoms with van der Waals surface area (Å²) in [6.07, 6.45) is 62.7. The van der Waals surface area contributed by atoms with Gasteiger partial charge in [0.1, 0.15) is 13.2 Å². The van der Waals surface area contributed by atoms with Gasteiger partial charge in [0.05, 0.1) is 0 Å². The highest BCUT2D eigenvalue weighted by atomic mass is 16.6. The molecule has 0 saturated heterocycles. The van der Waals surface area contributed by atoms with Gasteiger partial charge in [-0.15, -0.1) is 0 Å². The van der Waals surface area contributed by atoms with Crippen molar-refractivity contribution in [1.29, 1.82) is 0 Å². The van der Waals surface area contributed by atoms with Gasteiger partial charge in [0, 0.05) is 19.3 Å². The van der Waals surface area contributed by atoms with E-state index in [1.54, 1.807) is 0 Å². The minimum absolute atomic E-state index is 0.0772. The summed E-state index contributed by atoms with van der Waals surface area (Å²) in [7, 11) is 0. The van der Waals surface area contributed by atoms with Crippen molar-refractivity contribution in [3.63, 3.8) is 0 Å². The van der Waals surface area contributed by atoms with Crippen molar-refractivity contribution in [3.8, 4) is 0 Å². The zero-order valence-electron chi connectivity index (χ0n) is 42.8. The number of hydrogen-bond donors (Lipinski definition) is 0. The SMILES string of the molecule is CCCC/C=C/C/C=C/CCCCCCCC(=O)O[C@H](COC(=O)CCCCCCC/C=C/CCCCCC)COC(=O)CCCCCCCCCCCCCCCCCCCCC. The van der Waals surface area contributed by atoms with E-state index in [1.807, 2.05) is 0 Å². The molecule has 0 aromatic rings. The molecule has 0 bridgehead atoms. The van der Waals surface area contributed by atoms with Crippen LogP contribution >= 0.6 is 0 Å². The number of carbonyl (C=O) groups is 3. The van der Waals surface area contributed by atoms with Crippen LogP contribution in [-0.2, 0) is 28.6 Å². The third kappa shape index (κ3) is 50.6. The molecule has 0 rings (SSSR count). The quantitative estimate of drug-likeness (QED) is 0.0262. The van der Waals surface area contributed by atoms with Crippen molar-refractivity contribution in [3.05, 3.63) is 36.5 Å². The van der Waals surface area contributed by atoms with Crippen LogP contribution in [0.1, 0.15) is 297 Å². The predicted octanol–water partition coefficient (Wildman–Crippen LogP) is 18.5. The monoisotopic (exact) mass is 899 g/mol. The molecule has 0 aromatic carbocycles. The summed E-state index contributed by atoms with van der Waals surface area (Å²) in [6, 6.07) is 0. The summed E-state index contributed by atoms with van der Waals surface area (Å²) < 4.78 is 16.8. The largest absolute Gasteiger partial charge is 0.462 e. The van der Waals surface area contributed by atoms with E-state index in [2.05, 4.69) is 57.2 Å². The number of rotatable bonds is 51. The summed E-state index contributed by atoms with van der Waals surface area (Å²) in [5.74, 6) is -0.886. The van der Waals surface area contributed by atoms with Crippen LogP contribution in [0, 0.1) is 0 Å². The van der Waals surface area contributed by atoms with Gasteiger partial charge in [-0.2, -0.15) is 0 Å². The summed E-state index contributed by atoms with van der Waals surface area (Å²) in [5, 5.41) is 0. The molecule has 6 nitrogen and oxygen atoms in total. The van der Waals surface area contributed by atoms with Crippen molar-refractivity contribution in [2.75, 3.05) is 13.2 Å². The Morgan fingerprint density at radius 3 is 0.938 bits per heavy atom. The van der Waals surface area contributed by atoms with Crippen LogP contribution in [0.5, 0.6) is 0 Å². The molecule has 0 aliphatic heterocycles. The van der Waals surface area contributed by atoms with E-state index in [1.165, 1.54) is 167 Å². The first kappa shape index (κ1) is 61.6. The summed E-state index contributed by atoms with van der Waals surface area (Å²) in [5.41, 5.74) is 0. The summed E-state index contributed by atoms with van der Waals surface area (Å²) in [6.45, 7) is 6.60. The molecule has 0 radical (unpaired) electrons. The zero-order chi connectivity index (χ0) is 46.5. The minimum Gasteiger partial charge on any atom is -0.462 e. The maximum atomic E-state index is 12.8. The number of esters is 3. The van der Waals surface area contributed by atoms with Gasteiger partial charge in [-0.3, -0.25) is 14.4 Å². The van der Waals surface area contributed by atoms with Gasteiger partial charge >= 0.3 is 17.9 Å². The lowest BCUT2D eigenvalue weighted by molar-refractivity contribution is -0.167. The van der Waals surface area contributed by atoms with Gasteiger partial charge in [-0.25, -0.2) is 0 Å². The number of hydrogen-bond acceptors (Lipinski definition) is 6. The van der Waals surface area contributed by atoms with Crippen molar-refractivity contribution in [2.24, 2.45) is 0 Å². The van der Waals surface area contributed by atoms with Crippen LogP contribution < -0.4 is 0 Å². The van der Waals surface area contributed by atoms with E-state index in [0.717, 1.165) is 89.9 Å². The number of allylic oxidation sites excluding steroid dienone is 6. The number of unbranched alkanes of at least 4 members (excludes halogenated alkanes) is 34. The second-order valence-electron chi connectivity index (χ2n) is 18.8. The minimum atomic E-state index is -0.779. The second-order valence-corrected chi connectivity index (χ2v) is 18.8. The average Bonchev–Trinajstić information content (AvgIpc) is 3.29. The van der Waals surface area contributed by atoms with Gasteiger partial charge in [0.15, 0.2) is 6.10 Å². The molecule has 0 unspecified atom stereocenters. The lowest BCUT2D eigenvalue weighted by Gasteiger charge is -2.18. The van der Waals surface area contributed by atoms with Crippen molar-refractivity contribution in [1.82, 2.24) is 0 Å². The first-order valence-electron chi connectivity index (χ1n) is 28.0. The Balaban J connectivity index is 4.32. The topological polar surface area (TPSA) is 78.9 Å². The molecule has 0 aliphatic rings. The van der Waals surface area contributed by atoms with Crippen LogP contribution in [0.4, 0.5) is 0 Å². The smallest absolute Gasteiger partial charge is 0.306 e. The summed E-state index contributed by atoms with van der Waals surface area (Å²) in [4.78, 5) is 38.1. The van der Waals surface area contributed by atoms with E-state index in [9.17, 15) is 14.4 Å². The van der Waals surface area contributed by atoms with E-state index < -0.39 is 6.10 Å². The molecule has 374 valence electrons. The Labute approximate surface area is 397 Å². The lowest BCUT2D eigenvalue weighted by Crippen LogP contribution is -2.30. The van der Waals surface area contributed by atoms with Crippen LogP contribution in [-0.4, -0.2) is 37.2 Å². The van der Waals surface area contributed by atoms with E-state index in [0.29, 0.717) is 19.3 Å². The van der Waals surface area contributed by atoms with Gasteiger partial charge < -0.3 is 14.2 Å². The fourth-order valence-electron chi connectivity index (χ4n) is 8.10. The molecule has 64 heavy (non-hydrogen) atoms. The highest BCUT2D eigenvalue weighted by Crippen LogP contribution is 2.16. The molecule has 0 spiro atoms. The molecular weight excluding hydrogens is 793 g/mol. The Morgan fingerprint density at radius 2 is 0.578 bits per heavy atom. The predicted molar refractivity (Wildman–Crippen MR) is 275 cm³/mol. The molecule has 0 saturated carbocycles. The average molecular weight is 899 g/mol. The summed E-state index contributed by atoms with van der Waals surface area (Å²) >= 11 is 0. The fourth-order valence-corrected chi connectivity index (χ4v) is 8.10. The first-order chi connectivity index (χ1) is 31.5. The maximum Gasteiger partial charge on any atom is 0.306 e. The van der Waals surface area contributed by atoms with Gasteiger partial charge in [-0.1, -0.05) is 243 Å². The molecule has 0 aromatic heterocycles. The Kier molecular flexibility index (Phi) is 51.3. The fraction of sp³-hybridized carbons (Fsp3) is 0.845. The first-order valence-corrected chi connectivity index (χ1v) is 28.0. The highest BCUT2D eigenvalue weighted by Gasteiger charge is 2.19. The van der Waals surface area contributed by atoms with Crippen LogP contribution in [0.2, 0.25) is 0 Å². The molecule has 0 fully saturated rings. The van der Waals surface area contributed by atoms with Crippen molar-refractivity contribution in [2.45, 2.75) is 303 Å². The second kappa shape index (κ2) is 53.2. The lowest BCUT2D eigenvalue weighted by atomic mass is 10.0. The van der Waals surface area contributed by atoms with Gasteiger partial charge in [0.25, 0.3) is 0 Å². The third-order valence-electron chi connectivity index (χ3n) is 12.4. The normalized spacial score (nSPS) is 12.2. The molecular formula is C58H106O6. The Bertz CT molecular complexity index is 1080. The Morgan fingerprint density at radius 1 is 0.312 bits per heavy atom. The molecule has 1 atom stereocenters. The van der Waals surface area contributed by atoms with Crippen LogP contribution in [0.3, 0.4) is 0 Å². The van der Waals surface area contributed by atoms with E-state index in [4.69, 9.17) is 14.2 Å². The maximum absolute atomic E-state index is 12.8. The van der Waals surface area contributed by atoms with Crippen LogP contribution in [0.15, 0.2) is 36.5 Å². The molecule has 0 amide bonds. The van der Waals surface area contributed by atoms with Gasteiger partial charge in [-0.05, 0) is 70.6 Å². The van der Waals surface area contributed by atoms with Crippen molar-refractivity contribution < 1.29 is 28.6 Å². The van der Waals surface area contributed by atoms with Gasteiger partial charge in [0.2, 0.25) is 0 Å². The van der Waals surface area contributed by atoms with E-state index in [-0.39, 0.29) is 31.1 Å². The van der Waals surface area contributed by atoms with E-state index >= 15 is 0 Å². The standard InChI is InChI=1S/C58H106O6/c1-4-7-10-13-16-19-22-25-27-28-29-30-31-34-36-39-42-45-48-51-57(60)63-54-55(53-62-56(59)50-47-44-41-38-35-32-24-21-18-15-12-9-6-3)64-58(61)52-49-46-43-40-37-33-26-23-20-17-14-11-8-5-2/h14,17,21,23-24,26,55H,4-13,15-16,18-20,22,25,27-54H2,1-3H3/b17-14+,24-21+,26-23+/t55-/m1/s1. The third-order valence-corrected chi connectivity index (χ3v) is 12.4.